The van der Waals surface area contributed by atoms with Gasteiger partial charge in [0.25, 0.3) is 0 Å². The molecule has 61 valence electrons. The largest absolute Gasteiger partial charge is 0.385 e. The molecule has 2 rings (SSSR count). The number of anilines is 1. The van der Waals surface area contributed by atoms with Crippen LogP contribution in [0.2, 0.25) is 5.02 Å². The Morgan fingerprint density at radius 3 is 3.17 bits per heavy atom. The Labute approximate surface area is 74.8 Å². The molecular weight excluding hydrogens is 174 g/mol. The molecule has 0 aliphatic rings. The van der Waals surface area contributed by atoms with E-state index in [1.54, 1.807) is 0 Å². The Hall–Kier alpha value is -1.22. The fraction of sp³-hybridized carbons (Fsp3) is 0.125. The van der Waals surface area contributed by atoms with Crippen LogP contribution in [0.5, 0.6) is 0 Å². The number of halogens is 1. The van der Waals surface area contributed by atoms with Gasteiger partial charge in [0, 0.05) is 7.05 Å². The Morgan fingerprint density at radius 1 is 1.58 bits per heavy atom. The lowest BCUT2D eigenvalue weighted by molar-refractivity contribution is 1.32. The number of nitrogens with zero attached hydrogens (tertiary/aromatic N) is 1. The molecule has 3 nitrogen and oxygen atoms in total. The van der Waals surface area contributed by atoms with Crippen LogP contribution in [0.1, 0.15) is 0 Å². The Balaban J connectivity index is 2.83. The van der Waals surface area contributed by atoms with Crippen molar-refractivity contribution >= 4 is 28.3 Å². The second-order valence-electron chi connectivity index (χ2n) is 2.42. The molecular formula is C8H7ClN3. The average Bonchev–Trinajstić information content (AvgIpc) is 2.52. The summed E-state index contributed by atoms with van der Waals surface area (Å²) in [6.07, 6.45) is 2.67. The van der Waals surface area contributed by atoms with E-state index in [0.717, 1.165) is 16.7 Å². The first-order valence-corrected chi connectivity index (χ1v) is 3.92. The molecule has 0 aliphatic heterocycles. The minimum atomic E-state index is 0.672. The number of H-pyrrole nitrogens is 1. The van der Waals surface area contributed by atoms with Crippen molar-refractivity contribution in [3.63, 3.8) is 0 Å². The summed E-state index contributed by atoms with van der Waals surface area (Å²) >= 11 is 5.93. The van der Waals surface area contributed by atoms with E-state index in [1.807, 2.05) is 19.2 Å². The van der Waals surface area contributed by atoms with E-state index in [1.165, 1.54) is 0 Å². The zero-order chi connectivity index (χ0) is 8.55. The van der Waals surface area contributed by atoms with Crippen LogP contribution in [0.4, 0.5) is 5.69 Å². The Morgan fingerprint density at radius 2 is 2.42 bits per heavy atom. The highest BCUT2D eigenvalue weighted by Gasteiger charge is 2.05. The van der Waals surface area contributed by atoms with Gasteiger partial charge in [0.1, 0.15) is 5.52 Å². The van der Waals surface area contributed by atoms with Crippen molar-refractivity contribution < 1.29 is 0 Å². The number of hydrogen-bond acceptors (Lipinski definition) is 2. The zero-order valence-corrected chi connectivity index (χ0v) is 7.24. The highest BCUT2D eigenvalue weighted by atomic mass is 35.5. The van der Waals surface area contributed by atoms with E-state index in [2.05, 4.69) is 21.6 Å². The molecule has 2 N–H and O–H groups in total. The molecule has 2 aromatic rings. The van der Waals surface area contributed by atoms with E-state index in [9.17, 15) is 0 Å². The molecule has 1 aromatic heterocycles. The Kier molecular flexibility index (Phi) is 1.66. The van der Waals surface area contributed by atoms with Crippen LogP contribution < -0.4 is 5.32 Å². The van der Waals surface area contributed by atoms with Crippen molar-refractivity contribution in [1.29, 1.82) is 0 Å². The van der Waals surface area contributed by atoms with E-state index in [-0.39, 0.29) is 0 Å². The van der Waals surface area contributed by atoms with Crippen molar-refractivity contribution in [2.75, 3.05) is 12.4 Å². The molecule has 0 bridgehead atoms. The van der Waals surface area contributed by atoms with Gasteiger partial charge in [0.05, 0.1) is 16.2 Å². The molecule has 0 saturated carbocycles. The molecule has 12 heavy (non-hydrogen) atoms. The first-order chi connectivity index (χ1) is 5.83. The average molecular weight is 181 g/mol. The summed E-state index contributed by atoms with van der Waals surface area (Å²) in [4.78, 5) is 6.91. The van der Waals surface area contributed by atoms with Gasteiger partial charge in [-0.05, 0) is 12.1 Å². The number of aromatic nitrogens is 2. The monoisotopic (exact) mass is 180 g/mol. The highest BCUT2D eigenvalue weighted by Crippen LogP contribution is 2.27. The van der Waals surface area contributed by atoms with Gasteiger partial charge in [-0.15, -0.1) is 0 Å². The first kappa shape index (κ1) is 7.43. The number of hydrogen-bond donors (Lipinski definition) is 2. The summed E-state index contributed by atoms with van der Waals surface area (Å²) in [6, 6.07) is 3.70. The number of nitrogens with one attached hydrogen (secondary N) is 2. The molecule has 4 heteroatoms. The van der Waals surface area contributed by atoms with Crippen LogP contribution in [0.3, 0.4) is 0 Å². The van der Waals surface area contributed by atoms with Crippen molar-refractivity contribution in [2.24, 2.45) is 0 Å². The predicted molar refractivity (Wildman–Crippen MR) is 49.5 cm³/mol. The molecule has 0 aliphatic carbocycles. The molecule has 1 aromatic carbocycles. The van der Waals surface area contributed by atoms with Crippen LogP contribution >= 0.6 is 11.6 Å². The molecule has 0 saturated heterocycles. The van der Waals surface area contributed by atoms with Gasteiger partial charge in [-0.2, -0.15) is 0 Å². The third-order valence-electron chi connectivity index (χ3n) is 1.74. The van der Waals surface area contributed by atoms with Crippen molar-refractivity contribution in [2.45, 2.75) is 0 Å². The quantitative estimate of drug-likeness (QED) is 0.706. The first-order valence-electron chi connectivity index (χ1n) is 3.55. The zero-order valence-electron chi connectivity index (χ0n) is 6.48. The number of fused-ring (bicyclic) bond motifs is 1. The van der Waals surface area contributed by atoms with Crippen molar-refractivity contribution in [3.8, 4) is 0 Å². The summed E-state index contributed by atoms with van der Waals surface area (Å²) in [5, 5.41) is 3.66. The number of aromatic amines is 1. The lowest BCUT2D eigenvalue weighted by Crippen LogP contribution is -1.90. The summed E-state index contributed by atoms with van der Waals surface area (Å²) in [7, 11) is 1.81. The van der Waals surface area contributed by atoms with Crippen LogP contribution in [0, 0.1) is 6.33 Å². The van der Waals surface area contributed by atoms with E-state index < -0.39 is 0 Å². The smallest absolute Gasteiger partial charge is 0.174 e. The number of imidazole rings is 1. The fourth-order valence-electron chi connectivity index (χ4n) is 1.17. The molecule has 0 spiro atoms. The van der Waals surface area contributed by atoms with Gasteiger partial charge in [0.2, 0.25) is 0 Å². The van der Waals surface area contributed by atoms with Crippen LogP contribution in [-0.4, -0.2) is 17.0 Å². The predicted octanol–water partition coefficient (Wildman–Crippen LogP) is 2.06. The topological polar surface area (TPSA) is 40.7 Å². The minimum absolute atomic E-state index is 0.672. The number of rotatable bonds is 1. The molecule has 1 radical (unpaired) electrons. The summed E-state index contributed by atoms with van der Waals surface area (Å²) < 4.78 is 0. The van der Waals surface area contributed by atoms with E-state index >= 15 is 0 Å². The Bertz CT molecular complexity index is 408. The number of benzene rings is 1. The lowest BCUT2D eigenvalue weighted by Gasteiger charge is -2.02. The lowest BCUT2D eigenvalue weighted by atomic mass is 10.2. The molecule has 0 amide bonds. The summed E-state index contributed by atoms with van der Waals surface area (Å²) in [5.74, 6) is 0. The molecule has 0 unspecified atom stereocenters. The van der Waals surface area contributed by atoms with Gasteiger partial charge in [-0.25, -0.2) is 4.98 Å². The maximum Gasteiger partial charge on any atom is 0.174 e. The van der Waals surface area contributed by atoms with Crippen molar-refractivity contribution in [3.05, 3.63) is 23.5 Å². The van der Waals surface area contributed by atoms with Crippen LogP contribution in [0.25, 0.3) is 11.0 Å². The van der Waals surface area contributed by atoms with Gasteiger partial charge in [-0.1, -0.05) is 11.6 Å². The summed E-state index contributed by atoms with van der Waals surface area (Å²) in [6.45, 7) is 0. The van der Waals surface area contributed by atoms with Gasteiger partial charge >= 0.3 is 0 Å². The third kappa shape index (κ3) is 0.940. The van der Waals surface area contributed by atoms with Crippen molar-refractivity contribution in [1.82, 2.24) is 9.97 Å². The second kappa shape index (κ2) is 2.68. The van der Waals surface area contributed by atoms with E-state index in [0.29, 0.717) is 5.02 Å². The fourth-order valence-corrected chi connectivity index (χ4v) is 1.41. The minimum Gasteiger partial charge on any atom is -0.385 e. The molecule has 1 heterocycles. The second-order valence-corrected chi connectivity index (χ2v) is 2.82. The van der Waals surface area contributed by atoms with Crippen LogP contribution in [0.15, 0.2) is 12.1 Å². The van der Waals surface area contributed by atoms with Gasteiger partial charge < -0.3 is 10.3 Å². The summed E-state index contributed by atoms with van der Waals surface area (Å²) in [5.41, 5.74) is 2.60. The maximum atomic E-state index is 5.93. The maximum absolute atomic E-state index is 5.93. The standard InChI is InChI=1S/C8H7ClN3/c1-10-7-5(9)2-3-6-8(7)12-4-11-6/h2-3,10H,1H3,(H,11,12). The molecule has 0 atom stereocenters. The third-order valence-corrected chi connectivity index (χ3v) is 2.05. The van der Waals surface area contributed by atoms with Gasteiger partial charge in [0.15, 0.2) is 6.33 Å². The SMILES string of the molecule is CNc1c(Cl)ccc2[nH][c]nc12. The molecule has 0 fully saturated rings. The van der Waals surface area contributed by atoms with E-state index in [4.69, 9.17) is 11.6 Å². The highest BCUT2D eigenvalue weighted by molar-refractivity contribution is 6.34. The van der Waals surface area contributed by atoms with Crippen LogP contribution in [-0.2, 0) is 0 Å². The normalized spacial score (nSPS) is 10.5. The van der Waals surface area contributed by atoms with Gasteiger partial charge in [-0.3, -0.25) is 0 Å².